The van der Waals surface area contributed by atoms with E-state index in [0.29, 0.717) is 0 Å². The van der Waals surface area contributed by atoms with Crippen molar-refractivity contribution in [2.24, 2.45) is 0 Å². The first kappa shape index (κ1) is 20.3. The Kier molecular flexibility index (Phi) is 4.52. The summed E-state index contributed by atoms with van der Waals surface area (Å²) < 4.78 is 0. The molecule has 0 aliphatic carbocycles. The summed E-state index contributed by atoms with van der Waals surface area (Å²) in [6.07, 6.45) is 0. The predicted octanol–water partition coefficient (Wildman–Crippen LogP) is 6.97. The van der Waals surface area contributed by atoms with Gasteiger partial charge in [0.15, 0.2) is 11.5 Å². The molecule has 0 N–H and O–H groups in total. The van der Waals surface area contributed by atoms with Crippen molar-refractivity contribution in [2.75, 3.05) is 10.1 Å². The lowest BCUT2D eigenvalue weighted by atomic mass is 9.86. The second kappa shape index (κ2) is 6.92. The Morgan fingerprint density at radius 3 is 1.45 bits per heavy atom. The maximum absolute atomic E-state index is 6.14. The molecule has 1 aromatic heterocycles. The molecule has 0 amide bonds. The number of rotatable bonds is 2. The molecule has 0 fully saturated rings. The van der Waals surface area contributed by atoms with Crippen molar-refractivity contribution >= 4 is 21.3 Å². The standard InChI is InChI=1S/C26H30N2O2S/c1-25(2,3)19-7-9-21-17(13-19)15-27(29-21)23-11-12-24(31-23)28-16-18-14-20(26(4,5)6)8-10-22(18)30-28/h7-14H,15-16H2,1-6H3. The summed E-state index contributed by atoms with van der Waals surface area (Å²) in [7, 11) is 0. The highest BCUT2D eigenvalue weighted by molar-refractivity contribution is 7.19. The lowest BCUT2D eigenvalue weighted by molar-refractivity contribution is 0.310. The molecular formula is C26H30N2O2S. The molecule has 0 bridgehead atoms. The Balaban J connectivity index is 1.32. The van der Waals surface area contributed by atoms with Crippen molar-refractivity contribution in [1.82, 2.24) is 0 Å². The number of nitrogens with zero attached hydrogens (tertiary/aromatic N) is 2. The zero-order valence-electron chi connectivity index (χ0n) is 19.2. The first-order valence-corrected chi connectivity index (χ1v) is 11.7. The van der Waals surface area contributed by atoms with Gasteiger partial charge in [0.25, 0.3) is 0 Å². The molecule has 3 heterocycles. The Morgan fingerprint density at radius 2 is 1.06 bits per heavy atom. The number of hydroxylamine groups is 2. The van der Waals surface area contributed by atoms with E-state index in [4.69, 9.17) is 9.68 Å². The molecule has 162 valence electrons. The Hall–Kier alpha value is -2.66. The van der Waals surface area contributed by atoms with Crippen LogP contribution >= 0.6 is 11.3 Å². The third kappa shape index (κ3) is 3.76. The Morgan fingerprint density at radius 1 is 0.645 bits per heavy atom. The van der Waals surface area contributed by atoms with Crippen LogP contribution in [0.5, 0.6) is 11.5 Å². The van der Waals surface area contributed by atoms with Crippen molar-refractivity contribution in [2.45, 2.75) is 65.5 Å². The van der Waals surface area contributed by atoms with Gasteiger partial charge in [-0.2, -0.15) is 10.1 Å². The predicted molar refractivity (Wildman–Crippen MR) is 128 cm³/mol. The highest BCUT2D eigenvalue weighted by Gasteiger charge is 2.28. The summed E-state index contributed by atoms with van der Waals surface area (Å²) in [5.41, 5.74) is 5.41. The minimum absolute atomic E-state index is 0.132. The minimum atomic E-state index is 0.132. The SMILES string of the molecule is CC(C)(C)c1ccc2c(c1)CN(c1ccc(N3Cc4cc(C(C)(C)C)ccc4O3)s1)O2. The first-order valence-electron chi connectivity index (χ1n) is 10.9. The van der Waals surface area contributed by atoms with Gasteiger partial charge in [-0.1, -0.05) is 65.0 Å². The second-order valence-electron chi connectivity index (χ2n) is 10.5. The van der Waals surface area contributed by atoms with Gasteiger partial charge in [0.2, 0.25) is 0 Å². The zero-order valence-corrected chi connectivity index (χ0v) is 20.0. The molecule has 31 heavy (non-hydrogen) atoms. The molecule has 0 atom stereocenters. The molecule has 2 aliphatic heterocycles. The molecule has 2 aromatic carbocycles. The summed E-state index contributed by atoms with van der Waals surface area (Å²) in [6, 6.07) is 17.3. The fraction of sp³-hybridized carbons (Fsp3) is 0.385. The molecule has 5 rings (SSSR count). The third-order valence-electron chi connectivity index (χ3n) is 5.97. The van der Waals surface area contributed by atoms with Crippen LogP contribution in [-0.2, 0) is 23.9 Å². The fourth-order valence-corrected chi connectivity index (χ4v) is 4.85. The third-order valence-corrected chi connectivity index (χ3v) is 7.06. The maximum Gasteiger partial charge on any atom is 0.160 e. The lowest BCUT2D eigenvalue weighted by Crippen LogP contribution is -2.19. The number of fused-ring (bicyclic) bond motifs is 2. The molecule has 0 radical (unpaired) electrons. The summed E-state index contributed by atoms with van der Waals surface area (Å²) >= 11 is 1.69. The van der Waals surface area contributed by atoms with E-state index in [9.17, 15) is 0 Å². The van der Waals surface area contributed by atoms with E-state index >= 15 is 0 Å². The fourth-order valence-electron chi connectivity index (χ4n) is 3.96. The van der Waals surface area contributed by atoms with Crippen LogP contribution in [0.2, 0.25) is 0 Å². The van der Waals surface area contributed by atoms with Crippen LogP contribution in [-0.4, -0.2) is 0 Å². The Bertz CT molecular complexity index is 1050. The summed E-state index contributed by atoms with van der Waals surface area (Å²) in [6.45, 7) is 15.0. The van der Waals surface area contributed by atoms with Crippen LogP contribution in [0.15, 0.2) is 48.5 Å². The molecule has 0 saturated heterocycles. The Labute approximate surface area is 188 Å². The molecular weight excluding hydrogens is 404 g/mol. The van der Waals surface area contributed by atoms with E-state index in [1.165, 1.54) is 22.3 Å². The average Bonchev–Trinajstić information content (AvgIpc) is 3.41. The molecule has 3 aromatic rings. The molecule has 5 heteroatoms. The zero-order chi connectivity index (χ0) is 22.0. The van der Waals surface area contributed by atoms with Gasteiger partial charge in [-0.15, -0.1) is 0 Å². The average molecular weight is 435 g/mol. The van der Waals surface area contributed by atoms with Crippen molar-refractivity contribution in [3.05, 3.63) is 70.8 Å². The van der Waals surface area contributed by atoms with E-state index in [1.54, 1.807) is 11.3 Å². The van der Waals surface area contributed by atoms with Gasteiger partial charge in [-0.3, -0.25) is 0 Å². The number of hydrogen-bond donors (Lipinski definition) is 0. The van der Waals surface area contributed by atoms with Gasteiger partial charge in [0.1, 0.15) is 10.0 Å². The topological polar surface area (TPSA) is 24.9 Å². The molecule has 0 unspecified atom stereocenters. The molecule has 0 saturated carbocycles. The number of benzene rings is 2. The van der Waals surface area contributed by atoms with E-state index in [1.807, 2.05) is 10.1 Å². The monoisotopic (exact) mass is 434 g/mol. The minimum Gasteiger partial charge on any atom is -0.378 e. The quantitative estimate of drug-likeness (QED) is 0.435. The normalized spacial score (nSPS) is 15.5. The largest absolute Gasteiger partial charge is 0.378 e. The van der Waals surface area contributed by atoms with Gasteiger partial charge in [-0.25, -0.2) is 0 Å². The van der Waals surface area contributed by atoms with Crippen LogP contribution < -0.4 is 19.8 Å². The first-order chi connectivity index (χ1) is 14.6. The molecule has 0 spiro atoms. The maximum atomic E-state index is 6.14. The van der Waals surface area contributed by atoms with Gasteiger partial charge >= 0.3 is 0 Å². The van der Waals surface area contributed by atoms with Crippen LogP contribution in [0.3, 0.4) is 0 Å². The highest BCUT2D eigenvalue weighted by atomic mass is 32.1. The van der Waals surface area contributed by atoms with Crippen LogP contribution in [0.1, 0.15) is 63.8 Å². The second-order valence-corrected chi connectivity index (χ2v) is 11.6. The lowest BCUT2D eigenvalue weighted by Gasteiger charge is -2.19. The van der Waals surface area contributed by atoms with Gasteiger partial charge < -0.3 is 9.68 Å². The van der Waals surface area contributed by atoms with Crippen molar-refractivity contribution in [1.29, 1.82) is 0 Å². The van der Waals surface area contributed by atoms with Gasteiger partial charge in [0.05, 0.1) is 13.1 Å². The van der Waals surface area contributed by atoms with E-state index < -0.39 is 0 Å². The molecule has 4 nitrogen and oxygen atoms in total. The number of hydrogen-bond acceptors (Lipinski definition) is 5. The summed E-state index contributed by atoms with van der Waals surface area (Å²) in [5, 5.41) is 6.12. The van der Waals surface area contributed by atoms with Gasteiger partial charge in [-0.05, 0) is 58.4 Å². The van der Waals surface area contributed by atoms with E-state index in [-0.39, 0.29) is 10.8 Å². The summed E-state index contributed by atoms with van der Waals surface area (Å²) in [4.78, 5) is 12.3. The van der Waals surface area contributed by atoms with Crippen LogP contribution in [0, 0.1) is 0 Å². The number of thiophene rings is 1. The van der Waals surface area contributed by atoms with Crippen molar-refractivity contribution in [3.8, 4) is 11.5 Å². The van der Waals surface area contributed by atoms with Crippen molar-refractivity contribution < 1.29 is 9.68 Å². The number of anilines is 2. The van der Waals surface area contributed by atoms with Crippen molar-refractivity contribution in [3.63, 3.8) is 0 Å². The summed E-state index contributed by atoms with van der Waals surface area (Å²) in [5.74, 6) is 1.89. The van der Waals surface area contributed by atoms with Gasteiger partial charge in [0, 0.05) is 11.1 Å². The van der Waals surface area contributed by atoms with E-state index in [0.717, 1.165) is 34.6 Å². The van der Waals surface area contributed by atoms with Crippen LogP contribution in [0.4, 0.5) is 10.0 Å². The molecule has 2 aliphatic rings. The van der Waals surface area contributed by atoms with Crippen LogP contribution in [0.25, 0.3) is 0 Å². The highest BCUT2D eigenvalue weighted by Crippen LogP contribution is 2.42. The smallest absolute Gasteiger partial charge is 0.160 e. The van der Waals surface area contributed by atoms with E-state index in [2.05, 4.69) is 90.1 Å².